The Labute approximate surface area is 162 Å². The Bertz CT molecular complexity index is 958. The number of para-hydroxylation sites is 1. The molecule has 0 bridgehead atoms. The van der Waals surface area contributed by atoms with Crippen LogP contribution in [-0.4, -0.2) is 27.6 Å². The molecule has 0 aliphatic heterocycles. The number of rotatable bonds is 6. The summed E-state index contributed by atoms with van der Waals surface area (Å²) >= 11 is 4.56. The number of Topliss-reactive ketones (excluding diaryl/α,β-unsaturated/α-hetero) is 1. The highest BCUT2D eigenvalue weighted by Crippen LogP contribution is 2.29. The number of halogens is 1. The molecule has 0 unspecified atom stereocenters. The van der Waals surface area contributed by atoms with Crippen LogP contribution in [0.2, 0.25) is 0 Å². The van der Waals surface area contributed by atoms with E-state index in [1.807, 2.05) is 24.3 Å². The van der Waals surface area contributed by atoms with Crippen LogP contribution in [-0.2, 0) is 4.79 Å². The molecule has 0 saturated carbocycles. The van der Waals surface area contributed by atoms with E-state index in [1.54, 1.807) is 24.3 Å². The number of ketones is 1. The molecule has 1 amide bonds. The molecule has 0 radical (unpaired) electrons. The summed E-state index contributed by atoms with van der Waals surface area (Å²) in [6, 6.07) is 14.4. The Morgan fingerprint density at radius 2 is 1.85 bits per heavy atom. The van der Waals surface area contributed by atoms with Crippen molar-refractivity contribution in [3.63, 3.8) is 0 Å². The fourth-order valence-electron chi connectivity index (χ4n) is 2.22. The fraction of sp³-hybridized carbons (Fsp3) is 0.111. The zero-order valence-electron chi connectivity index (χ0n) is 13.7. The van der Waals surface area contributed by atoms with Gasteiger partial charge >= 0.3 is 0 Å². The van der Waals surface area contributed by atoms with Crippen molar-refractivity contribution >= 4 is 45.1 Å². The number of aromatic nitrogens is 2. The molecule has 1 aromatic heterocycles. The van der Waals surface area contributed by atoms with Gasteiger partial charge in [-0.3, -0.25) is 9.59 Å². The third-order valence-corrected chi connectivity index (χ3v) is 4.93. The summed E-state index contributed by atoms with van der Waals surface area (Å²) in [4.78, 5) is 23.7. The molecule has 1 N–H and O–H groups in total. The highest BCUT2D eigenvalue weighted by molar-refractivity contribution is 9.10. The van der Waals surface area contributed by atoms with E-state index in [0.717, 1.165) is 21.8 Å². The van der Waals surface area contributed by atoms with E-state index in [-0.39, 0.29) is 17.4 Å². The molecule has 132 valence electrons. The van der Waals surface area contributed by atoms with Gasteiger partial charge in [-0.15, -0.1) is 10.2 Å². The van der Waals surface area contributed by atoms with Gasteiger partial charge in [0.05, 0.1) is 17.0 Å². The second kappa shape index (κ2) is 8.29. The van der Waals surface area contributed by atoms with Gasteiger partial charge in [0.25, 0.3) is 5.22 Å². The fourth-order valence-corrected chi connectivity index (χ4v) is 3.24. The standard InChI is InChI=1S/C18H14BrN3O3S/c1-11(23)12-6-3-5-9-15(12)20-16(24)10-26-18-22-21-17(25-18)13-7-2-4-8-14(13)19/h2-9H,10H2,1H3,(H,20,24). The molecule has 0 aliphatic rings. The Morgan fingerprint density at radius 1 is 1.12 bits per heavy atom. The Kier molecular flexibility index (Phi) is 5.85. The minimum atomic E-state index is -0.260. The second-order valence-corrected chi connectivity index (χ2v) is 7.07. The van der Waals surface area contributed by atoms with Crippen molar-refractivity contribution in [2.75, 3.05) is 11.1 Å². The van der Waals surface area contributed by atoms with Crippen LogP contribution < -0.4 is 5.32 Å². The number of benzene rings is 2. The van der Waals surface area contributed by atoms with Crippen LogP contribution in [0.1, 0.15) is 17.3 Å². The van der Waals surface area contributed by atoms with E-state index in [0.29, 0.717) is 22.4 Å². The van der Waals surface area contributed by atoms with Crippen molar-refractivity contribution in [1.82, 2.24) is 10.2 Å². The van der Waals surface area contributed by atoms with Crippen LogP contribution in [0.5, 0.6) is 0 Å². The molecule has 0 aliphatic carbocycles. The van der Waals surface area contributed by atoms with E-state index in [4.69, 9.17) is 4.42 Å². The molecule has 3 aromatic rings. The zero-order chi connectivity index (χ0) is 18.5. The first kappa shape index (κ1) is 18.3. The first-order valence-electron chi connectivity index (χ1n) is 7.65. The first-order valence-corrected chi connectivity index (χ1v) is 9.43. The van der Waals surface area contributed by atoms with Crippen molar-refractivity contribution in [1.29, 1.82) is 0 Å². The average molecular weight is 432 g/mol. The van der Waals surface area contributed by atoms with Gasteiger partial charge in [0.2, 0.25) is 11.8 Å². The van der Waals surface area contributed by atoms with Gasteiger partial charge in [0.1, 0.15) is 0 Å². The highest BCUT2D eigenvalue weighted by Gasteiger charge is 2.14. The lowest BCUT2D eigenvalue weighted by molar-refractivity contribution is -0.113. The monoisotopic (exact) mass is 431 g/mol. The summed E-state index contributed by atoms with van der Waals surface area (Å²) in [5, 5.41) is 11.0. The van der Waals surface area contributed by atoms with E-state index in [9.17, 15) is 9.59 Å². The number of amides is 1. The number of carbonyl (C=O) groups excluding carboxylic acids is 2. The Morgan fingerprint density at radius 3 is 2.62 bits per heavy atom. The summed E-state index contributed by atoms with van der Waals surface area (Å²) in [6.07, 6.45) is 0. The normalized spacial score (nSPS) is 10.5. The second-order valence-electron chi connectivity index (χ2n) is 5.29. The van der Waals surface area contributed by atoms with Crippen LogP contribution in [0, 0.1) is 0 Å². The number of nitrogens with zero attached hydrogens (tertiary/aromatic N) is 2. The summed E-state index contributed by atoms with van der Waals surface area (Å²) in [6.45, 7) is 1.46. The van der Waals surface area contributed by atoms with Crippen LogP contribution in [0.15, 0.2) is 62.6 Å². The largest absolute Gasteiger partial charge is 0.411 e. The maximum Gasteiger partial charge on any atom is 0.277 e. The molecule has 0 fully saturated rings. The van der Waals surface area contributed by atoms with Crippen LogP contribution in [0.3, 0.4) is 0 Å². The molecule has 0 atom stereocenters. The van der Waals surface area contributed by atoms with E-state index in [2.05, 4.69) is 31.4 Å². The first-order chi connectivity index (χ1) is 12.5. The predicted octanol–water partition coefficient (Wildman–Crippen LogP) is 4.43. The van der Waals surface area contributed by atoms with Gasteiger partial charge in [-0.1, -0.05) is 36.0 Å². The number of thioether (sulfide) groups is 1. The summed E-state index contributed by atoms with van der Waals surface area (Å²) in [5.74, 6) is 0.0966. The maximum absolute atomic E-state index is 12.2. The lowest BCUT2D eigenvalue weighted by atomic mass is 10.1. The molecule has 1 heterocycles. The van der Waals surface area contributed by atoms with Crippen LogP contribution in [0.4, 0.5) is 5.69 Å². The van der Waals surface area contributed by atoms with Gasteiger partial charge < -0.3 is 9.73 Å². The third-order valence-electron chi connectivity index (χ3n) is 3.42. The van der Waals surface area contributed by atoms with Gasteiger partial charge in [0, 0.05) is 10.0 Å². The summed E-state index contributed by atoms with van der Waals surface area (Å²) in [7, 11) is 0. The average Bonchev–Trinajstić information content (AvgIpc) is 3.09. The Hall–Kier alpha value is -2.45. The maximum atomic E-state index is 12.2. The molecule has 6 nitrogen and oxygen atoms in total. The smallest absolute Gasteiger partial charge is 0.277 e. The quantitative estimate of drug-likeness (QED) is 0.458. The van der Waals surface area contributed by atoms with Crippen molar-refractivity contribution in [2.45, 2.75) is 12.1 Å². The molecule has 3 rings (SSSR count). The van der Waals surface area contributed by atoms with Gasteiger partial charge in [0.15, 0.2) is 5.78 Å². The SMILES string of the molecule is CC(=O)c1ccccc1NC(=O)CSc1nnc(-c2ccccc2Br)o1. The summed E-state index contributed by atoms with van der Waals surface area (Å²) in [5.41, 5.74) is 1.75. The topological polar surface area (TPSA) is 85.1 Å². The minimum Gasteiger partial charge on any atom is -0.411 e. The van der Waals surface area contributed by atoms with Gasteiger partial charge in [-0.25, -0.2) is 0 Å². The highest BCUT2D eigenvalue weighted by atomic mass is 79.9. The lowest BCUT2D eigenvalue weighted by Gasteiger charge is -2.08. The molecule has 26 heavy (non-hydrogen) atoms. The van der Waals surface area contributed by atoms with Gasteiger partial charge in [-0.2, -0.15) is 0 Å². The lowest BCUT2D eigenvalue weighted by Crippen LogP contribution is -2.16. The molecule has 8 heteroatoms. The predicted molar refractivity (Wildman–Crippen MR) is 103 cm³/mol. The van der Waals surface area contributed by atoms with Crippen LogP contribution >= 0.6 is 27.7 Å². The van der Waals surface area contributed by atoms with Crippen molar-refractivity contribution in [2.24, 2.45) is 0 Å². The van der Waals surface area contributed by atoms with E-state index >= 15 is 0 Å². The molecule has 0 spiro atoms. The molecular weight excluding hydrogens is 418 g/mol. The number of nitrogens with one attached hydrogen (secondary N) is 1. The minimum absolute atomic E-state index is 0.0871. The van der Waals surface area contributed by atoms with Gasteiger partial charge in [-0.05, 0) is 47.1 Å². The Balaban J connectivity index is 1.63. The number of carbonyl (C=O) groups is 2. The molecular formula is C18H14BrN3O3S. The van der Waals surface area contributed by atoms with Crippen molar-refractivity contribution < 1.29 is 14.0 Å². The zero-order valence-corrected chi connectivity index (χ0v) is 16.1. The third kappa shape index (κ3) is 4.39. The van der Waals surface area contributed by atoms with E-state index < -0.39 is 0 Å². The molecule has 2 aromatic carbocycles. The van der Waals surface area contributed by atoms with E-state index in [1.165, 1.54) is 6.92 Å². The van der Waals surface area contributed by atoms with Crippen molar-refractivity contribution in [3.05, 3.63) is 58.6 Å². The number of anilines is 1. The summed E-state index contributed by atoms with van der Waals surface area (Å²) < 4.78 is 6.44. The van der Waals surface area contributed by atoms with Crippen LogP contribution in [0.25, 0.3) is 11.5 Å². The number of hydrogen-bond acceptors (Lipinski definition) is 6. The van der Waals surface area contributed by atoms with Crippen molar-refractivity contribution in [3.8, 4) is 11.5 Å². The number of hydrogen-bond donors (Lipinski definition) is 1. The molecule has 0 saturated heterocycles.